The van der Waals surface area contributed by atoms with Gasteiger partial charge in [0.25, 0.3) is 5.56 Å². The normalized spacial score (nSPS) is 10.3. The number of nitriles is 1. The van der Waals surface area contributed by atoms with Crippen molar-refractivity contribution in [2.24, 2.45) is 0 Å². The van der Waals surface area contributed by atoms with Crippen LogP contribution in [-0.4, -0.2) is 10.2 Å². The highest BCUT2D eigenvalue weighted by atomic mass is 16.1. The lowest BCUT2D eigenvalue weighted by Crippen LogP contribution is -2.09. The smallest absolute Gasteiger partial charge is 0.267 e. The Balaban J connectivity index is 2.42. The van der Waals surface area contributed by atoms with E-state index in [1.807, 2.05) is 24.3 Å². The molecule has 0 saturated heterocycles. The van der Waals surface area contributed by atoms with Crippen molar-refractivity contribution >= 4 is 10.8 Å². The standard InChI is InChI=1S/C15H9N3O/c16-9-10-5-1-2-6-11(10)14-12-7-3-4-8-13(12)15(19)18-17-14/h1-8H,(H,18,19). The number of benzene rings is 2. The van der Waals surface area contributed by atoms with Gasteiger partial charge < -0.3 is 0 Å². The predicted molar refractivity (Wildman–Crippen MR) is 72.5 cm³/mol. The van der Waals surface area contributed by atoms with Crippen molar-refractivity contribution in [1.82, 2.24) is 10.2 Å². The number of aromatic nitrogens is 2. The fraction of sp³-hybridized carbons (Fsp3) is 0. The second-order valence-electron chi connectivity index (χ2n) is 4.10. The van der Waals surface area contributed by atoms with Crippen molar-refractivity contribution in [3.63, 3.8) is 0 Å². The van der Waals surface area contributed by atoms with Crippen LogP contribution >= 0.6 is 0 Å². The zero-order chi connectivity index (χ0) is 13.2. The summed E-state index contributed by atoms with van der Waals surface area (Å²) in [5.41, 5.74) is 1.64. The largest absolute Gasteiger partial charge is 0.272 e. The minimum Gasteiger partial charge on any atom is -0.267 e. The molecule has 1 aromatic heterocycles. The Labute approximate surface area is 108 Å². The minimum absolute atomic E-state index is 0.228. The van der Waals surface area contributed by atoms with Gasteiger partial charge in [-0.05, 0) is 12.1 Å². The fourth-order valence-corrected chi connectivity index (χ4v) is 2.11. The van der Waals surface area contributed by atoms with Gasteiger partial charge in [0.2, 0.25) is 0 Å². The third kappa shape index (κ3) is 1.78. The molecule has 1 heterocycles. The van der Waals surface area contributed by atoms with Crippen molar-refractivity contribution in [3.05, 3.63) is 64.4 Å². The maximum Gasteiger partial charge on any atom is 0.272 e. The molecule has 0 aliphatic rings. The third-order valence-electron chi connectivity index (χ3n) is 3.00. The van der Waals surface area contributed by atoms with E-state index in [0.717, 1.165) is 10.9 Å². The van der Waals surface area contributed by atoms with Crippen LogP contribution in [0.5, 0.6) is 0 Å². The zero-order valence-corrected chi connectivity index (χ0v) is 9.92. The number of fused-ring (bicyclic) bond motifs is 1. The van der Waals surface area contributed by atoms with Crippen molar-refractivity contribution in [2.45, 2.75) is 0 Å². The summed E-state index contributed by atoms with van der Waals surface area (Å²) in [6.07, 6.45) is 0. The number of H-pyrrole nitrogens is 1. The van der Waals surface area contributed by atoms with Crippen LogP contribution in [0.3, 0.4) is 0 Å². The summed E-state index contributed by atoms with van der Waals surface area (Å²) in [5.74, 6) is 0. The molecule has 0 atom stereocenters. The summed E-state index contributed by atoms with van der Waals surface area (Å²) in [4.78, 5) is 11.7. The van der Waals surface area contributed by atoms with Gasteiger partial charge in [0.15, 0.2) is 0 Å². The van der Waals surface area contributed by atoms with Crippen LogP contribution in [0, 0.1) is 11.3 Å². The SMILES string of the molecule is N#Cc1ccccc1-c1n[nH]c(=O)c2ccccc12. The summed E-state index contributed by atoms with van der Waals surface area (Å²) in [7, 11) is 0. The Morgan fingerprint density at radius 1 is 1.00 bits per heavy atom. The van der Waals surface area contributed by atoms with E-state index < -0.39 is 0 Å². The second kappa shape index (κ2) is 4.39. The van der Waals surface area contributed by atoms with E-state index in [1.165, 1.54) is 0 Å². The maximum absolute atomic E-state index is 11.7. The van der Waals surface area contributed by atoms with Gasteiger partial charge in [0, 0.05) is 10.9 Å². The van der Waals surface area contributed by atoms with E-state index in [4.69, 9.17) is 5.26 Å². The molecular weight excluding hydrogens is 238 g/mol. The van der Waals surface area contributed by atoms with Crippen molar-refractivity contribution in [3.8, 4) is 17.3 Å². The molecule has 0 amide bonds. The fourth-order valence-electron chi connectivity index (χ4n) is 2.11. The molecule has 3 aromatic rings. The van der Waals surface area contributed by atoms with Crippen molar-refractivity contribution in [1.29, 1.82) is 5.26 Å². The van der Waals surface area contributed by atoms with Gasteiger partial charge in [-0.1, -0.05) is 36.4 Å². The monoisotopic (exact) mass is 247 g/mol. The van der Waals surface area contributed by atoms with E-state index in [-0.39, 0.29) is 5.56 Å². The zero-order valence-electron chi connectivity index (χ0n) is 9.92. The molecule has 4 nitrogen and oxygen atoms in total. The van der Waals surface area contributed by atoms with Gasteiger partial charge in [0.05, 0.1) is 22.7 Å². The van der Waals surface area contributed by atoms with Crippen molar-refractivity contribution in [2.75, 3.05) is 0 Å². The van der Waals surface area contributed by atoms with E-state index in [1.54, 1.807) is 24.3 Å². The molecule has 0 saturated carbocycles. The average Bonchev–Trinajstić information content (AvgIpc) is 2.48. The van der Waals surface area contributed by atoms with Gasteiger partial charge in [0.1, 0.15) is 0 Å². The van der Waals surface area contributed by atoms with Crippen LogP contribution in [0.15, 0.2) is 53.3 Å². The van der Waals surface area contributed by atoms with E-state index >= 15 is 0 Å². The van der Waals surface area contributed by atoms with Gasteiger partial charge >= 0.3 is 0 Å². The topological polar surface area (TPSA) is 69.5 Å². The molecule has 0 fully saturated rings. The summed E-state index contributed by atoms with van der Waals surface area (Å²) >= 11 is 0. The van der Waals surface area contributed by atoms with Crippen LogP contribution < -0.4 is 5.56 Å². The first-order chi connectivity index (χ1) is 9.31. The molecule has 4 heteroatoms. The lowest BCUT2D eigenvalue weighted by molar-refractivity contribution is 1.02. The summed E-state index contributed by atoms with van der Waals surface area (Å²) < 4.78 is 0. The molecular formula is C15H9N3O. The molecule has 0 bridgehead atoms. The first-order valence-corrected chi connectivity index (χ1v) is 5.78. The van der Waals surface area contributed by atoms with Crippen LogP contribution in [0.1, 0.15) is 5.56 Å². The summed E-state index contributed by atoms with van der Waals surface area (Å²) in [6, 6.07) is 16.6. The molecule has 0 aliphatic heterocycles. The van der Waals surface area contributed by atoms with Gasteiger partial charge in [-0.2, -0.15) is 10.4 Å². The number of nitrogens with zero attached hydrogens (tertiary/aromatic N) is 2. The Kier molecular flexibility index (Phi) is 2.58. The molecule has 0 unspecified atom stereocenters. The highest BCUT2D eigenvalue weighted by molar-refractivity contribution is 5.94. The molecule has 3 rings (SSSR count). The first kappa shape index (κ1) is 11.2. The van der Waals surface area contributed by atoms with Gasteiger partial charge in [-0.25, -0.2) is 5.10 Å². The number of rotatable bonds is 1. The Morgan fingerprint density at radius 2 is 1.68 bits per heavy atom. The number of hydrogen-bond donors (Lipinski definition) is 1. The summed E-state index contributed by atoms with van der Waals surface area (Å²) in [5, 5.41) is 17.0. The van der Waals surface area contributed by atoms with E-state index in [9.17, 15) is 4.79 Å². The predicted octanol–water partition coefficient (Wildman–Crippen LogP) is 2.46. The highest BCUT2D eigenvalue weighted by Crippen LogP contribution is 2.26. The summed E-state index contributed by atoms with van der Waals surface area (Å²) in [6.45, 7) is 0. The molecule has 0 spiro atoms. The van der Waals surface area contributed by atoms with Crippen LogP contribution in [0.25, 0.3) is 22.0 Å². The van der Waals surface area contributed by atoms with Gasteiger partial charge in [-0.15, -0.1) is 0 Å². The molecule has 1 N–H and O–H groups in total. The second-order valence-corrected chi connectivity index (χ2v) is 4.10. The van der Waals surface area contributed by atoms with Crippen LogP contribution in [0.4, 0.5) is 0 Å². The maximum atomic E-state index is 11.7. The van der Waals surface area contributed by atoms with Gasteiger partial charge in [-0.3, -0.25) is 4.79 Å². The molecule has 2 aromatic carbocycles. The third-order valence-corrected chi connectivity index (χ3v) is 3.00. The van der Waals surface area contributed by atoms with Crippen molar-refractivity contribution < 1.29 is 0 Å². The molecule has 19 heavy (non-hydrogen) atoms. The molecule has 0 radical (unpaired) electrons. The van der Waals surface area contributed by atoms with Crippen LogP contribution in [0.2, 0.25) is 0 Å². The Bertz CT molecular complexity index is 859. The lowest BCUT2D eigenvalue weighted by Gasteiger charge is -2.06. The van der Waals surface area contributed by atoms with Crippen LogP contribution in [-0.2, 0) is 0 Å². The van der Waals surface area contributed by atoms with E-state index in [2.05, 4.69) is 16.3 Å². The quantitative estimate of drug-likeness (QED) is 0.718. The lowest BCUT2D eigenvalue weighted by atomic mass is 10.0. The number of hydrogen-bond acceptors (Lipinski definition) is 3. The minimum atomic E-state index is -0.228. The average molecular weight is 247 g/mol. The van der Waals surface area contributed by atoms with E-state index in [0.29, 0.717) is 16.6 Å². The highest BCUT2D eigenvalue weighted by Gasteiger charge is 2.11. The number of aromatic amines is 1. The number of nitrogens with one attached hydrogen (secondary N) is 1. The Morgan fingerprint density at radius 3 is 2.47 bits per heavy atom. The molecule has 90 valence electrons. The molecule has 0 aliphatic carbocycles. The Hall–Kier alpha value is -2.93. The first-order valence-electron chi connectivity index (χ1n) is 5.78.